The molecule has 1 N–H and O–H groups in total. The van der Waals surface area contributed by atoms with Crippen molar-refractivity contribution in [3.8, 4) is 10.8 Å². The van der Waals surface area contributed by atoms with Gasteiger partial charge < -0.3 is 9.52 Å². The molecule has 0 aliphatic rings. The van der Waals surface area contributed by atoms with Crippen molar-refractivity contribution in [2.24, 2.45) is 0 Å². The maximum atomic E-state index is 10.7. The average Bonchev–Trinajstić information content (AvgIpc) is 3.02. The van der Waals surface area contributed by atoms with Crippen molar-refractivity contribution in [1.82, 2.24) is 15.1 Å². The van der Waals surface area contributed by atoms with E-state index in [0.29, 0.717) is 24.9 Å². The summed E-state index contributed by atoms with van der Waals surface area (Å²) in [5.41, 5.74) is 0. The molecule has 8 heteroatoms. The van der Waals surface area contributed by atoms with Gasteiger partial charge in [0.05, 0.1) is 21.6 Å². The second kappa shape index (κ2) is 7.15. The zero-order chi connectivity index (χ0) is 15.4. The SMILES string of the molecule is CC(C)N(CCC(=O)O)Cc1nnc(-c2ccc(Br)s2)o1. The number of carboxylic acid groups (broad SMARTS) is 1. The number of nitrogens with zero attached hydrogens (tertiary/aromatic N) is 3. The van der Waals surface area contributed by atoms with Gasteiger partial charge >= 0.3 is 5.97 Å². The lowest BCUT2D eigenvalue weighted by Gasteiger charge is -2.23. The third kappa shape index (κ3) is 4.62. The minimum atomic E-state index is -0.810. The number of carboxylic acids is 1. The molecule has 0 aliphatic carbocycles. The van der Waals surface area contributed by atoms with E-state index in [9.17, 15) is 4.79 Å². The Kier molecular flexibility index (Phi) is 5.49. The van der Waals surface area contributed by atoms with Gasteiger partial charge in [0.2, 0.25) is 5.89 Å². The molecule has 0 saturated carbocycles. The first-order valence-electron chi connectivity index (χ1n) is 6.49. The van der Waals surface area contributed by atoms with E-state index in [4.69, 9.17) is 9.52 Å². The van der Waals surface area contributed by atoms with Crippen LogP contribution in [0.5, 0.6) is 0 Å². The minimum absolute atomic E-state index is 0.0943. The van der Waals surface area contributed by atoms with Crippen LogP contribution >= 0.6 is 27.3 Å². The van der Waals surface area contributed by atoms with Crippen LogP contribution in [0.25, 0.3) is 10.8 Å². The molecule has 0 spiro atoms. The highest BCUT2D eigenvalue weighted by Crippen LogP contribution is 2.30. The summed E-state index contributed by atoms with van der Waals surface area (Å²) in [4.78, 5) is 13.6. The van der Waals surface area contributed by atoms with Crippen LogP contribution in [-0.4, -0.2) is 38.8 Å². The van der Waals surface area contributed by atoms with Crippen molar-refractivity contribution in [2.75, 3.05) is 6.54 Å². The smallest absolute Gasteiger partial charge is 0.304 e. The van der Waals surface area contributed by atoms with Gasteiger partial charge in [-0.05, 0) is 41.9 Å². The first kappa shape index (κ1) is 16.1. The quantitative estimate of drug-likeness (QED) is 0.802. The lowest BCUT2D eigenvalue weighted by molar-refractivity contribution is -0.137. The summed E-state index contributed by atoms with van der Waals surface area (Å²) in [5, 5.41) is 16.9. The molecule has 2 rings (SSSR count). The van der Waals surface area contributed by atoms with Gasteiger partial charge in [-0.25, -0.2) is 0 Å². The standard InChI is InChI=1S/C13H16BrN3O3S/c1-8(2)17(6-5-12(18)19)7-11-15-16-13(20-11)9-3-4-10(14)21-9/h3-4,8H,5-7H2,1-2H3,(H,18,19). The normalized spacial score (nSPS) is 11.5. The summed E-state index contributed by atoms with van der Waals surface area (Å²) in [6.45, 7) is 4.92. The number of aliphatic carboxylic acids is 1. The Bertz CT molecular complexity index is 611. The Hall–Kier alpha value is -1.25. The molecule has 0 saturated heterocycles. The van der Waals surface area contributed by atoms with E-state index in [1.165, 1.54) is 11.3 Å². The highest BCUT2D eigenvalue weighted by atomic mass is 79.9. The van der Waals surface area contributed by atoms with Crippen molar-refractivity contribution in [3.05, 3.63) is 21.8 Å². The molecular weight excluding hydrogens is 358 g/mol. The molecule has 0 fully saturated rings. The third-order valence-corrected chi connectivity index (χ3v) is 4.54. The zero-order valence-corrected chi connectivity index (χ0v) is 14.1. The number of rotatable bonds is 7. The number of hydrogen-bond donors (Lipinski definition) is 1. The highest BCUT2D eigenvalue weighted by molar-refractivity contribution is 9.11. The van der Waals surface area contributed by atoms with E-state index >= 15 is 0 Å². The van der Waals surface area contributed by atoms with E-state index in [1.807, 2.05) is 30.9 Å². The number of halogens is 1. The Morgan fingerprint density at radius 3 is 2.81 bits per heavy atom. The van der Waals surface area contributed by atoms with Gasteiger partial charge in [-0.1, -0.05) is 0 Å². The maximum Gasteiger partial charge on any atom is 0.304 e. The predicted molar refractivity (Wildman–Crippen MR) is 83.1 cm³/mol. The molecule has 0 aliphatic heterocycles. The number of carbonyl (C=O) groups is 1. The van der Waals surface area contributed by atoms with E-state index < -0.39 is 5.97 Å². The topological polar surface area (TPSA) is 79.5 Å². The monoisotopic (exact) mass is 373 g/mol. The van der Waals surface area contributed by atoms with Crippen molar-refractivity contribution in [1.29, 1.82) is 0 Å². The molecule has 0 aromatic carbocycles. The van der Waals surface area contributed by atoms with Crippen LogP contribution in [0.3, 0.4) is 0 Å². The van der Waals surface area contributed by atoms with Crippen molar-refractivity contribution in [3.63, 3.8) is 0 Å². The Balaban J connectivity index is 2.04. The second-order valence-electron chi connectivity index (χ2n) is 4.81. The van der Waals surface area contributed by atoms with Gasteiger partial charge in [-0.15, -0.1) is 21.5 Å². The molecule has 0 amide bonds. The van der Waals surface area contributed by atoms with Gasteiger partial charge in [0.25, 0.3) is 5.89 Å². The van der Waals surface area contributed by atoms with Gasteiger partial charge in [-0.3, -0.25) is 9.69 Å². The van der Waals surface area contributed by atoms with Crippen LogP contribution in [0.1, 0.15) is 26.2 Å². The molecule has 2 aromatic rings. The second-order valence-corrected chi connectivity index (χ2v) is 7.28. The fraction of sp³-hybridized carbons (Fsp3) is 0.462. The van der Waals surface area contributed by atoms with E-state index in [2.05, 4.69) is 26.1 Å². The van der Waals surface area contributed by atoms with Gasteiger partial charge in [-0.2, -0.15) is 0 Å². The fourth-order valence-corrected chi connectivity index (χ4v) is 3.09. The number of hydrogen-bond acceptors (Lipinski definition) is 6. The largest absolute Gasteiger partial charge is 0.481 e. The fourth-order valence-electron chi connectivity index (χ4n) is 1.78. The molecular formula is C13H16BrN3O3S. The van der Waals surface area contributed by atoms with Crippen LogP contribution in [0.2, 0.25) is 0 Å². The Labute approximate surface area is 134 Å². The molecule has 2 aromatic heterocycles. The van der Waals surface area contributed by atoms with Crippen LogP contribution in [-0.2, 0) is 11.3 Å². The highest BCUT2D eigenvalue weighted by Gasteiger charge is 2.17. The Morgan fingerprint density at radius 1 is 1.48 bits per heavy atom. The van der Waals surface area contributed by atoms with Crippen molar-refractivity contribution >= 4 is 33.2 Å². The van der Waals surface area contributed by atoms with Gasteiger partial charge in [0.1, 0.15) is 0 Å². The average molecular weight is 374 g/mol. The number of aromatic nitrogens is 2. The summed E-state index contributed by atoms with van der Waals surface area (Å²) >= 11 is 4.92. The zero-order valence-electron chi connectivity index (χ0n) is 11.7. The first-order valence-corrected chi connectivity index (χ1v) is 8.10. The molecule has 0 bridgehead atoms. The van der Waals surface area contributed by atoms with Crippen LogP contribution in [0, 0.1) is 0 Å². The lowest BCUT2D eigenvalue weighted by Crippen LogP contribution is -2.32. The Morgan fingerprint density at radius 2 is 2.24 bits per heavy atom. The van der Waals surface area contributed by atoms with Crippen LogP contribution in [0.15, 0.2) is 20.3 Å². The summed E-state index contributed by atoms with van der Waals surface area (Å²) in [5.74, 6) is 0.173. The van der Waals surface area contributed by atoms with Gasteiger partial charge in [0.15, 0.2) is 0 Å². The molecule has 114 valence electrons. The van der Waals surface area contributed by atoms with E-state index in [-0.39, 0.29) is 12.5 Å². The van der Waals surface area contributed by atoms with E-state index in [1.54, 1.807) is 0 Å². The molecule has 6 nitrogen and oxygen atoms in total. The minimum Gasteiger partial charge on any atom is -0.481 e. The van der Waals surface area contributed by atoms with Crippen LogP contribution < -0.4 is 0 Å². The van der Waals surface area contributed by atoms with Crippen molar-refractivity contribution in [2.45, 2.75) is 32.9 Å². The van der Waals surface area contributed by atoms with Gasteiger partial charge in [0, 0.05) is 12.6 Å². The molecule has 2 heterocycles. The summed E-state index contributed by atoms with van der Waals surface area (Å²) < 4.78 is 6.65. The molecule has 0 radical (unpaired) electrons. The maximum absolute atomic E-state index is 10.7. The van der Waals surface area contributed by atoms with E-state index in [0.717, 1.165) is 8.66 Å². The predicted octanol–water partition coefficient (Wildman–Crippen LogP) is 3.25. The summed E-state index contributed by atoms with van der Waals surface area (Å²) in [6.07, 6.45) is 0.0943. The number of thiophene rings is 1. The molecule has 21 heavy (non-hydrogen) atoms. The van der Waals surface area contributed by atoms with Crippen LogP contribution in [0.4, 0.5) is 0 Å². The first-order chi connectivity index (χ1) is 9.95. The summed E-state index contributed by atoms with van der Waals surface area (Å²) in [7, 11) is 0. The lowest BCUT2D eigenvalue weighted by atomic mass is 10.3. The molecule has 0 unspecified atom stereocenters. The summed E-state index contributed by atoms with van der Waals surface area (Å²) in [6, 6.07) is 4.05. The van der Waals surface area contributed by atoms with Crippen molar-refractivity contribution < 1.29 is 14.3 Å². The molecule has 0 atom stereocenters. The third-order valence-electron chi connectivity index (χ3n) is 2.93.